The zero-order valence-electron chi connectivity index (χ0n) is 14.4. The number of methoxy groups -OCH3 is 1. The predicted octanol–water partition coefficient (Wildman–Crippen LogP) is 1.87. The number of rotatable bonds is 4. The summed E-state index contributed by atoms with van der Waals surface area (Å²) in [5.41, 5.74) is 4.37. The number of fused-ring (bicyclic) bond motifs is 1. The van der Waals surface area contributed by atoms with Crippen molar-refractivity contribution in [3.63, 3.8) is 0 Å². The summed E-state index contributed by atoms with van der Waals surface area (Å²) in [6, 6.07) is 6.82. The van der Waals surface area contributed by atoms with E-state index in [1.807, 2.05) is 4.68 Å². The van der Waals surface area contributed by atoms with Crippen LogP contribution in [0.1, 0.15) is 40.5 Å². The summed E-state index contributed by atoms with van der Waals surface area (Å²) in [6.07, 6.45) is 4.97. The molecule has 1 N–H and O–H groups in total. The minimum atomic E-state index is -0.440. The quantitative estimate of drug-likeness (QED) is 0.856. The van der Waals surface area contributed by atoms with Crippen molar-refractivity contribution in [2.24, 2.45) is 0 Å². The lowest BCUT2D eigenvalue weighted by Gasteiger charge is -2.32. The number of aromatic nitrogens is 3. The molecule has 7 heteroatoms. The van der Waals surface area contributed by atoms with Crippen LogP contribution in [0, 0.1) is 0 Å². The Morgan fingerprint density at radius 1 is 1.44 bits per heavy atom. The highest BCUT2D eigenvalue weighted by molar-refractivity contribution is 5.86. The van der Waals surface area contributed by atoms with Crippen molar-refractivity contribution in [1.29, 1.82) is 0 Å². The molecule has 0 saturated carbocycles. The van der Waals surface area contributed by atoms with E-state index >= 15 is 0 Å². The molecule has 132 valence electrons. The van der Waals surface area contributed by atoms with Gasteiger partial charge in [-0.1, -0.05) is 23.4 Å². The van der Waals surface area contributed by atoms with Crippen LogP contribution in [0.25, 0.3) is 0 Å². The first-order valence-electron chi connectivity index (χ1n) is 8.82. The summed E-state index contributed by atoms with van der Waals surface area (Å²) >= 11 is 0. The van der Waals surface area contributed by atoms with Crippen molar-refractivity contribution >= 4 is 11.7 Å². The van der Waals surface area contributed by atoms with Gasteiger partial charge in [-0.3, -0.25) is 4.90 Å². The number of nitrogens with zero attached hydrogens (tertiary/aromatic N) is 4. The smallest absolute Gasteiger partial charge is 0.360 e. The normalized spacial score (nSPS) is 20.1. The van der Waals surface area contributed by atoms with Crippen molar-refractivity contribution in [2.75, 3.05) is 32.1 Å². The van der Waals surface area contributed by atoms with Gasteiger partial charge in [0.1, 0.15) is 0 Å². The second-order valence-corrected chi connectivity index (χ2v) is 6.73. The first-order valence-corrected chi connectivity index (χ1v) is 8.82. The predicted molar refractivity (Wildman–Crippen MR) is 93.5 cm³/mol. The van der Waals surface area contributed by atoms with Crippen molar-refractivity contribution in [3.05, 3.63) is 41.2 Å². The van der Waals surface area contributed by atoms with Crippen molar-refractivity contribution in [2.45, 2.75) is 31.8 Å². The van der Waals surface area contributed by atoms with E-state index in [-0.39, 0.29) is 11.7 Å². The molecule has 0 aliphatic carbocycles. The maximum absolute atomic E-state index is 11.6. The first kappa shape index (κ1) is 16.1. The number of para-hydroxylation sites is 1. The van der Waals surface area contributed by atoms with Gasteiger partial charge in [0.05, 0.1) is 19.3 Å². The van der Waals surface area contributed by atoms with Crippen LogP contribution >= 0.6 is 0 Å². The zero-order chi connectivity index (χ0) is 17.2. The Labute approximate surface area is 147 Å². The standard InChI is InChI=1S/C18H23N5O2/c1-25-18(24)16-12-23(21-20-16)15-6-3-9-22(11-15)10-14-5-2-4-13-7-8-19-17(13)14/h2,4-5,12,15,19H,3,6-11H2,1H3. The summed E-state index contributed by atoms with van der Waals surface area (Å²) in [4.78, 5) is 14.0. The second kappa shape index (κ2) is 6.84. The Bertz CT molecular complexity index is 773. The maximum Gasteiger partial charge on any atom is 0.360 e. The number of hydrogen-bond acceptors (Lipinski definition) is 6. The van der Waals surface area contributed by atoms with Crippen LogP contribution in [0.5, 0.6) is 0 Å². The number of nitrogens with one attached hydrogen (secondary N) is 1. The molecule has 3 heterocycles. The van der Waals surface area contributed by atoms with Gasteiger partial charge >= 0.3 is 5.97 Å². The third kappa shape index (κ3) is 3.24. The average Bonchev–Trinajstić information content (AvgIpc) is 3.31. The number of ether oxygens (including phenoxy) is 1. The van der Waals surface area contributed by atoms with Crippen LogP contribution < -0.4 is 5.32 Å². The van der Waals surface area contributed by atoms with E-state index in [4.69, 9.17) is 4.74 Å². The highest BCUT2D eigenvalue weighted by atomic mass is 16.5. The molecular formula is C18H23N5O2. The fraction of sp³-hybridized carbons (Fsp3) is 0.500. The van der Waals surface area contributed by atoms with E-state index in [1.165, 1.54) is 23.9 Å². The van der Waals surface area contributed by atoms with Crippen LogP contribution in [0.15, 0.2) is 24.4 Å². The molecule has 0 bridgehead atoms. The molecule has 1 unspecified atom stereocenters. The number of likely N-dealkylation sites (tertiary alicyclic amines) is 1. The molecule has 2 aliphatic heterocycles. The van der Waals surface area contributed by atoms with Gasteiger partial charge in [0, 0.05) is 25.3 Å². The Morgan fingerprint density at radius 2 is 2.36 bits per heavy atom. The highest BCUT2D eigenvalue weighted by Gasteiger charge is 2.25. The monoisotopic (exact) mass is 341 g/mol. The fourth-order valence-electron chi connectivity index (χ4n) is 3.83. The molecule has 4 rings (SSSR count). The molecule has 2 aromatic rings. The lowest BCUT2D eigenvalue weighted by atomic mass is 10.0. The Kier molecular flexibility index (Phi) is 4.40. The first-order chi connectivity index (χ1) is 12.2. The van der Waals surface area contributed by atoms with E-state index in [1.54, 1.807) is 6.20 Å². The Morgan fingerprint density at radius 3 is 3.24 bits per heavy atom. The van der Waals surface area contributed by atoms with E-state index in [0.29, 0.717) is 0 Å². The topological polar surface area (TPSA) is 72.3 Å². The van der Waals surface area contributed by atoms with E-state index in [0.717, 1.165) is 45.4 Å². The van der Waals surface area contributed by atoms with Crippen LogP contribution in [-0.4, -0.2) is 52.6 Å². The SMILES string of the molecule is COC(=O)c1cn(C2CCCN(Cc3cccc4c3NCC4)C2)nn1. The Balaban J connectivity index is 1.46. The van der Waals surface area contributed by atoms with Crippen molar-refractivity contribution in [3.8, 4) is 0 Å². The fourth-order valence-corrected chi connectivity index (χ4v) is 3.83. The minimum Gasteiger partial charge on any atom is -0.464 e. The van der Waals surface area contributed by atoms with Gasteiger partial charge in [0.15, 0.2) is 5.69 Å². The number of benzene rings is 1. The summed E-state index contributed by atoms with van der Waals surface area (Å²) < 4.78 is 6.52. The molecule has 25 heavy (non-hydrogen) atoms. The van der Waals surface area contributed by atoms with Crippen LogP contribution in [-0.2, 0) is 17.7 Å². The summed E-state index contributed by atoms with van der Waals surface area (Å²) in [5, 5.41) is 11.6. The van der Waals surface area contributed by atoms with Crippen molar-refractivity contribution in [1.82, 2.24) is 19.9 Å². The summed E-state index contributed by atoms with van der Waals surface area (Å²) in [6.45, 7) is 3.96. The van der Waals surface area contributed by atoms with Gasteiger partial charge in [-0.15, -0.1) is 5.10 Å². The molecule has 1 atom stereocenters. The number of carbonyl (C=O) groups excluding carboxylic acids is 1. The highest BCUT2D eigenvalue weighted by Crippen LogP contribution is 2.29. The molecular weight excluding hydrogens is 318 g/mol. The molecule has 1 aromatic carbocycles. The van der Waals surface area contributed by atoms with Gasteiger partial charge in [0.2, 0.25) is 0 Å². The Hall–Kier alpha value is -2.41. The van der Waals surface area contributed by atoms with Gasteiger partial charge in [0.25, 0.3) is 0 Å². The lowest BCUT2D eigenvalue weighted by Crippen LogP contribution is -2.36. The van der Waals surface area contributed by atoms with E-state index in [9.17, 15) is 4.79 Å². The van der Waals surface area contributed by atoms with E-state index < -0.39 is 5.97 Å². The van der Waals surface area contributed by atoms with Gasteiger partial charge in [-0.2, -0.15) is 0 Å². The zero-order valence-corrected chi connectivity index (χ0v) is 14.4. The number of piperidine rings is 1. The van der Waals surface area contributed by atoms with Gasteiger partial charge in [-0.25, -0.2) is 9.48 Å². The molecule has 1 saturated heterocycles. The molecule has 2 aliphatic rings. The third-order valence-electron chi connectivity index (χ3n) is 5.09. The lowest BCUT2D eigenvalue weighted by molar-refractivity contribution is 0.0594. The molecule has 0 amide bonds. The molecule has 7 nitrogen and oxygen atoms in total. The molecule has 1 aromatic heterocycles. The molecule has 0 radical (unpaired) electrons. The maximum atomic E-state index is 11.6. The van der Waals surface area contributed by atoms with Crippen molar-refractivity contribution < 1.29 is 9.53 Å². The van der Waals surface area contributed by atoms with Crippen LogP contribution in [0.4, 0.5) is 5.69 Å². The molecule has 0 spiro atoms. The number of hydrogen-bond donors (Lipinski definition) is 1. The largest absolute Gasteiger partial charge is 0.464 e. The summed E-state index contributed by atoms with van der Waals surface area (Å²) in [7, 11) is 1.36. The number of carbonyl (C=O) groups is 1. The van der Waals surface area contributed by atoms with Crippen LogP contribution in [0.3, 0.4) is 0 Å². The molecule has 1 fully saturated rings. The minimum absolute atomic E-state index is 0.240. The number of anilines is 1. The third-order valence-corrected chi connectivity index (χ3v) is 5.09. The van der Waals surface area contributed by atoms with Gasteiger partial charge in [-0.05, 0) is 36.9 Å². The van der Waals surface area contributed by atoms with Crippen LogP contribution in [0.2, 0.25) is 0 Å². The van der Waals surface area contributed by atoms with Gasteiger partial charge < -0.3 is 10.1 Å². The average molecular weight is 341 g/mol. The van der Waals surface area contributed by atoms with E-state index in [2.05, 4.69) is 38.7 Å². The summed E-state index contributed by atoms with van der Waals surface area (Å²) in [5.74, 6) is -0.440. The number of esters is 1. The second-order valence-electron chi connectivity index (χ2n) is 6.73.